The molecule has 0 bridgehead atoms. The van der Waals surface area contributed by atoms with E-state index >= 15 is 0 Å². The fourth-order valence-electron chi connectivity index (χ4n) is 6.25. The molecule has 0 spiro atoms. The summed E-state index contributed by atoms with van der Waals surface area (Å²) in [5, 5.41) is 27.6. The molecule has 2 aliphatic heterocycles. The number of nitrogens with one attached hydrogen (secondary N) is 2. The first-order chi connectivity index (χ1) is 22.4. The van der Waals surface area contributed by atoms with Crippen LogP contribution in [0.2, 0.25) is 0 Å². The van der Waals surface area contributed by atoms with Crippen LogP contribution in [0.15, 0.2) is 37.2 Å². The van der Waals surface area contributed by atoms with E-state index < -0.39 is 0 Å². The van der Waals surface area contributed by atoms with E-state index in [4.69, 9.17) is 10.5 Å². The lowest BCUT2D eigenvalue weighted by Crippen LogP contribution is -2.48. The number of aromatic nitrogens is 6. The summed E-state index contributed by atoms with van der Waals surface area (Å²) in [6.07, 6.45) is 11.8. The first-order valence-corrected chi connectivity index (χ1v) is 15.7. The number of aromatic amines is 2. The number of hydrogen-bond donors (Lipinski definition) is 2. The van der Waals surface area contributed by atoms with E-state index in [1.165, 1.54) is 0 Å². The van der Waals surface area contributed by atoms with Crippen LogP contribution in [0.4, 0.5) is 11.6 Å². The smallest absolute Gasteiger partial charge is 0.155 e. The van der Waals surface area contributed by atoms with Crippen molar-refractivity contribution in [2.75, 3.05) is 50.3 Å². The van der Waals surface area contributed by atoms with E-state index in [9.17, 15) is 9.59 Å². The van der Waals surface area contributed by atoms with Crippen molar-refractivity contribution in [3.05, 3.63) is 37.2 Å². The lowest BCUT2D eigenvalue weighted by Gasteiger charge is -2.38. The number of fused-ring (bicyclic) bond motifs is 2. The second kappa shape index (κ2) is 15.4. The predicted molar refractivity (Wildman–Crippen MR) is 173 cm³/mol. The molecule has 0 aromatic carbocycles. The van der Waals surface area contributed by atoms with Crippen molar-refractivity contribution < 1.29 is 9.59 Å². The Bertz CT molecular complexity index is 1590. The van der Waals surface area contributed by atoms with Crippen LogP contribution < -0.4 is 10.0 Å². The molecular weight excluding hydrogens is 584 g/mol. The molecule has 2 aliphatic rings. The normalized spacial score (nSPS) is 18.7. The molecule has 14 nitrogen and oxygen atoms in total. The van der Waals surface area contributed by atoms with Gasteiger partial charge in [0.15, 0.2) is 11.6 Å². The zero-order chi connectivity index (χ0) is 32.5. The molecule has 0 radical (unpaired) electrons. The summed E-state index contributed by atoms with van der Waals surface area (Å²) in [6, 6.07) is 8.02. The summed E-state index contributed by atoms with van der Waals surface area (Å²) < 4.78 is 0. The predicted octanol–water partition coefficient (Wildman–Crippen LogP) is 3.79. The molecule has 46 heavy (non-hydrogen) atoms. The Morgan fingerprint density at radius 3 is 1.63 bits per heavy atom. The third-order valence-corrected chi connectivity index (χ3v) is 8.80. The summed E-state index contributed by atoms with van der Waals surface area (Å²) in [5.41, 5.74) is 1.61. The second-order valence-electron chi connectivity index (χ2n) is 11.7. The van der Waals surface area contributed by atoms with Gasteiger partial charge in [-0.2, -0.15) is 10.5 Å². The highest BCUT2D eigenvalue weighted by Gasteiger charge is 2.29. The van der Waals surface area contributed by atoms with Crippen molar-refractivity contribution in [1.29, 1.82) is 10.5 Å². The fourth-order valence-corrected chi connectivity index (χ4v) is 6.25. The van der Waals surface area contributed by atoms with Crippen molar-refractivity contribution in [2.24, 2.45) is 11.8 Å². The Kier molecular flexibility index (Phi) is 10.9. The van der Waals surface area contributed by atoms with E-state index in [2.05, 4.69) is 39.9 Å². The van der Waals surface area contributed by atoms with Gasteiger partial charge in [0, 0.05) is 90.2 Å². The molecule has 4 aromatic rings. The Balaban J connectivity index is 0.000000181. The number of Topliss-reactive ketones (excluding diaryl/α,β-unsaturated/α-hetero) is 2. The largest absolute Gasteiger partial charge is 0.346 e. The number of carbonyl (C=O) groups is 2. The number of hydrogen-bond acceptors (Lipinski definition) is 12. The number of hydrazine groups is 2. The van der Waals surface area contributed by atoms with Crippen molar-refractivity contribution in [1.82, 2.24) is 39.9 Å². The van der Waals surface area contributed by atoms with Gasteiger partial charge in [0.1, 0.15) is 35.5 Å². The first kappa shape index (κ1) is 32.5. The lowest BCUT2D eigenvalue weighted by atomic mass is 9.92. The van der Waals surface area contributed by atoms with Crippen LogP contribution >= 0.6 is 0 Å². The minimum Gasteiger partial charge on any atom is -0.346 e. The van der Waals surface area contributed by atoms with Gasteiger partial charge in [-0.1, -0.05) is 0 Å². The van der Waals surface area contributed by atoms with Crippen LogP contribution in [0.25, 0.3) is 22.1 Å². The zero-order valence-corrected chi connectivity index (χ0v) is 26.4. The maximum Gasteiger partial charge on any atom is 0.155 e. The number of ketones is 2. The van der Waals surface area contributed by atoms with E-state index in [1.807, 2.05) is 60.8 Å². The fraction of sp³-hybridized carbons (Fsp3) is 0.500. The van der Waals surface area contributed by atoms with E-state index in [0.717, 1.165) is 72.5 Å². The SMILES string of the molecule is CN(c1ncnc2[nH]ccc12)N1CCC[C@@H](C(=O)CCC#N)C1.CN(c1ncnc2[nH]ccc12)N1CCC[C@H](C(=O)CCC#N)C1. The maximum absolute atomic E-state index is 12.2. The number of H-pyrrole nitrogens is 2. The van der Waals surface area contributed by atoms with Crippen LogP contribution in [-0.2, 0) is 9.59 Å². The number of anilines is 2. The van der Waals surface area contributed by atoms with Gasteiger partial charge in [-0.3, -0.25) is 19.6 Å². The minimum atomic E-state index is 0.00287. The molecule has 2 atom stereocenters. The van der Waals surface area contributed by atoms with Crippen LogP contribution in [0.5, 0.6) is 0 Å². The highest BCUT2D eigenvalue weighted by atomic mass is 16.1. The molecule has 6 rings (SSSR count). The molecule has 4 aromatic heterocycles. The van der Waals surface area contributed by atoms with Crippen molar-refractivity contribution in [2.45, 2.75) is 51.4 Å². The molecular formula is C32H40N12O2. The summed E-state index contributed by atoms with van der Waals surface area (Å²) in [7, 11) is 3.94. The number of piperidine rings is 2. The molecule has 2 saturated heterocycles. The molecule has 0 amide bonds. The summed E-state index contributed by atoms with van der Waals surface area (Å²) in [4.78, 5) is 47.8. The van der Waals surface area contributed by atoms with Crippen LogP contribution in [0.3, 0.4) is 0 Å². The van der Waals surface area contributed by atoms with Gasteiger partial charge >= 0.3 is 0 Å². The standard InChI is InChI=1S/2C16H20N6O/c2*1-21(16-13-6-8-18-15(13)19-11-20-16)22-9-3-4-12(10-22)14(23)5-2-7-17/h2*6,8,11-12H,2-5,9-10H2,1H3,(H,18,19,20)/t2*12-/m10/s1. The van der Waals surface area contributed by atoms with Crippen LogP contribution in [0, 0.1) is 34.5 Å². The average molecular weight is 625 g/mol. The number of nitrogens with zero attached hydrogens (tertiary/aromatic N) is 10. The minimum absolute atomic E-state index is 0.00287. The number of nitriles is 2. The van der Waals surface area contributed by atoms with Gasteiger partial charge in [0.25, 0.3) is 0 Å². The molecule has 2 N–H and O–H groups in total. The Hall–Kier alpha value is -4.92. The quantitative estimate of drug-likeness (QED) is 0.261. The molecule has 2 fully saturated rings. The third kappa shape index (κ3) is 7.47. The molecule has 0 aliphatic carbocycles. The van der Waals surface area contributed by atoms with Gasteiger partial charge in [-0.25, -0.2) is 30.0 Å². The van der Waals surface area contributed by atoms with Crippen LogP contribution in [-0.4, -0.2) is 91.8 Å². The third-order valence-electron chi connectivity index (χ3n) is 8.80. The highest BCUT2D eigenvalue weighted by molar-refractivity contribution is 5.88. The lowest BCUT2D eigenvalue weighted by molar-refractivity contribution is -0.125. The van der Waals surface area contributed by atoms with E-state index in [1.54, 1.807) is 12.7 Å². The zero-order valence-electron chi connectivity index (χ0n) is 26.4. The molecule has 0 saturated carbocycles. The van der Waals surface area contributed by atoms with Crippen molar-refractivity contribution in [3.63, 3.8) is 0 Å². The number of rotatable bonds is 10. The maximum atomic E-state index is 12.2. The van der Waals surface area contributed by atoms with Crippen molar-refractivity contribution >= 4 is 45.3 Å². The summed E-state index contributed by atoms with van der Waals surface area (Å²) in [5.74, 6) is 2.06. The van der Waals surface area contributed by atoms with Gasteiger partial charge in [-0.15, -0.1) is 0 Å². The van der Waals surface area contributed by atoms with Gasteiger partial charge < -0.3 is 9.97 Å². The van der Waals surface area contributed by atoms with Gasteiger partial charge in [-0.05, 0) is 37.8 Å². The topological polar surface area (TPSA) is 178 Å². The Labute approximate surface area is 268 Å². The van der Waals surface area contributed by atoms with Crippen LogP contribution in [0.1, 0.15) is 51.4 Å². The second-order valence-corrected chi connectivity index (χ2v) is 11.7. The molecule has 0 unspecified atom stereocenters. The highest BCUT2D eigenvalue weighted by Crippen LogP contribution is 2.28. The van der Waals surface area contributed by atoms with Gasteiger partial charge in [0.05, 0.1) is 22.9 Å². The Morgan fingerprint density at radius 1 is 0.783 bits per heavy atom. The number of carbonyl (C=O) groups excluding carboxylic acids is 2. The molecule has 6 heterocycles. The molecule has 14 heteroatoms. The van der Waals surface area contributed by atoms with E-state index in [0.29, 0.717) is 38.8 Å². The summed E-state index contributed by atoms with van der Waals surface area (Å²) >= 11 is 0. The van der Waals surface area contributed by atoms with Gasteiger partial charge in [0.2, 0.25) is 0 Å². The monoisotopic (exact) mass is 624 g/mol. The first-order valence-electron chi connectivity index (χ1n) is 15.7. The average Bonchev–Trinajstić information content (AvgIpc) is 3.79. The van der Waals surface area contributed by atoms with E-state index in [-0.39, 0.29) is 23.4 Å². The Morgan fingerprint density at radius 2 is 1.22 bits per heavy atom. The molecule has 240 valence electrons. The summed E-state index contributed by atoms with van der Waals surface area (Å²) in [6.45, 7) is 3.15. The van der Waals surface area contributed by atoms with Crippen molar-refractivity contribution in [3.8, 4) is 12.1 Å².